The minimum absolute atomic E-state index is 0.00584. The average Bonchev–Trinajstić information content (AvgIpc) is 3.63. The summed E-state index contributed by atoms with van der Waals surface area (Å²) in [6, 6.07) is 20.4. The Labute approximate surface area is 243 Å². The van der Waals surface area contributed by atoms with E-state index in [0.29, 0.717) is 42.0 Å². The maximum absolute atomic E-state index is 13.4. The summed E-state index contributed by atoms with van der Waals surface area (Å²) >= 11 is 0. The number of nitrogens with one attached hydrogen (secondary N) is 1. The predicted molar refractivity (Wildman–Crippen MR) is 154 cm³/mol. The Morgan fingerprint density at radius 1 is 1.00 bits per heavy atom. The fourth-order valence-electron chi connectivity index (χ4n) is 5.06. The van der Waals surface area contributed by atoms with Crippen molar-refractivity contribution in [3.05, 3.63) is 125 Å². The van der Waals surface area contributed by atoms with Crippen LogP contribution in [-0.2, 0) is 27.5 Å². The van der Waals surface area contributed by atoms with Gasteiger partial charge >= 0.3 is 5.97 Å². The Balaban J connectivity index is 1.43. The molecule has 0 aliphatic carbocycles. The zero-order valence-electron chi connectivity index (χ0n) is 23.4. The molecular formula is C33H32N3O6+. The van der Waals surface area contributed by atoms with Crippen LogP contribution in [0.2, 0.25) is 0 Å². The number of H-pyrrole nitrogens is 1. The minimum atomic E-state index is -0.829. The van der Waals surface area contributed by atoms with E-state index in [1.807, 2.05) is 48.3 Å². The largest absolute Gasteiger partial charge is 0.507 e. The molecule has 0 bridgehead atoms. The molecule has 4 aromatic rings. The number of esters is 1. The quantitative estimate of drug-likeness (QED) is 0.0962. The van der Waals surface area contributed by atoms with Gasteiger partial charge in [0.15, 0.2) is 0 Å². The van der Waals surface area contributed by atoms with Crippen molar-refractivity contribution in [1.82, 2.24) is 9.88 Å². The van der Waals surface area contributed by atoms with Gasteiger partial charge in [-0.1, -0.05) is 36.4 Å². The van der Waals surface area contributed by atoms with Crippen LogP contribution in [0.5, 0.6) is 5.75 Å². The van der Waals surface area contributed by atoms with Gasteiger partial charge in [0.1, 0.15) is 30.5 Å². The molecule has 1 saturated heterocycles. The van der Waals surface area contributed by atoms with Crippen molar-refractivity contribution >= 4 is 23.4 Å². The van der Waals surface area contributed by atoms with E-state index >= 15 is 0 Å². The predicted octanol–water partition coefficient (Wildman–Crippen LogP) is 4.49. The van der Waals surface area contributed by atoms with Crippen molar-refractivity contribution in [1.29, 1.82) is 0 Å². The second kappa shape index (κ2) is 12.6. The molecule has 214 valence electrons. The van der Waals surface area contributed by atoms with Gasteiger partial charge in [-0.15, -0.1) is 0 Å². The first-order valence-corrected chi connectivity index (χ1v) is 13.6. The number of carbonyl (C=O) groups excluding carboxylic acids is 3. The molecule has 1 aliphatic rings. The molecule has 0 radical (unpaired) electrons. The first-order chi connectivity index (χ1) is 20.4. The monoisotopic (exact) mass is 566 g/mol. The standard InChI is InChI=1S/C33H31N3O6/c1-22-6-3-4-7-26(22)20-42-27-14-12-24(13-15-27)30(37)28-29(23-8-10-25(11-9-23)33(40)41-2)36(32(39)31(28)38)18-5-17-35-19-16-34-21-35/h3-4,6-16,19,21,29H,5,17-18,20H2,1-2H3,(H,37,38)/p+1. The van der Waals surface area contributed by atoms with E-state index in [-0.39, 0.29) is 17.9 Å². The number of ketones is 1. The number of likely N-dealkylation sites (tertiary alicyclic amines) is 1. The molecule has 1 atom stereocenters. The lowest BCUT2D eigenvalue weighted by Gasteiger charge is -2.25. The van der Waals surface area contributed by atoms with Crippen LogP contribution in [0.4, 0.5) is 0 Å². The molecule has 9 heteroatoms. The Kier molecular flexibility index (Phi) is 8.47. The highest BCUT2D eigenvalue weighted by Gasteiger charge is 2.45. The lowest BCUT2D eigenvalue weighted by atomic mass is 9.94. The van der Waals surface area contributed by atoms with Gasteiger partial charge in [0.25, 0.3) is 11.7 Å². The van der Waals surface area contributed by atoms with Gasteiger partial charge in [-0.3, -0.25) is 14.6 Å². The number of methoxy groups -OCH3 is 1. The first kappa shape index (κ1) is 28.4. The SMILES string of the molecule is COC(=O)c1ccc(C2/C(=C(\O)c3ccc(OCc4ccccc4C)cc3)C(=O)C(=O)N2CCC[n+]2cc[nH]c2)cc1. The number of amides is 1. The molecule has 42 heavy (non-hydrogen) atoms. The van der Waals surface area contributed by atoms with Gasteiger partial charge in [0.05, 0.1) is 30.8 Å². The molecule has 5 rings (SSSR count). The number of hydrogen-bond acceptors (Lipinski definition) is 6. The van der Waals surface area contributed by atoms with E-state index < -0.39 is 23.7 Å². The van der Waals surface area contributed by atoms with Crippen molar-refractivity contribution in [3.63, 3.8) is 0 Å². The first-order valence-electron chi connectivity index (χ1n) is 13.6. The van der Waals surface area contributed by atoms with Crippen molar-refractivity contribution < 1.29 is 33.5 Å². The van der Waals surface area contributed by atoms with E-state index in [1.54, 1.807) is 54.7 Å². The van der Waals surface area contributed by atoms with E-state index in [0.717, 1.165) is 11.1 Å². The van der Waals surface area contributed by atoms with E-state index in [9.17, 15) is 19.5 Å². The fraction of sp³-hybridized carbons (Fsp3) is 0.212. The van der Waals surface area contributed by atoms with Crippen molar-refractivity contribution in [3.8, 4) is 5.75 Å². The van der Waals surface area contributed by atoms with Gasteiger partial charge in [0.2, 0.25) is 6.33 Å². The van der Waals surface area contributed by atoms with Crippen LogP contribution < -0.4 is 9.30 Å². The second-order valence-corrected chi connectivity index (χ2v) is 10.0. The molecule has 1 unspecified atom stereocenters. The third kappa shape index (κ3) is 5.95. The number of hydrogen-bond donors (Lipinski definition) is 2. The normalized spacial score (nSPS) is 16.0. The number of aliphatic hydroxyl groups is 1. The highest BCUT2D eigenvalue weighted by Crippen LogP contribution is 2.39. The lowest BCUT2D eigenvalue weighted by molar-refractivity contribution is -0.695. The van der Waals surface area contributed by atoms with Gasteiger partial charge in [-0.2, -0.15) is 0 Å². The van der Waals surface area contributed by atoms with Gasteiger partial charge in [-0.05, 0) is 60.0 Å². The molecule has 2 N–H and O–H groups in total. The van der Waals surface area contributed by atoms with Crippen LogP contribution in [0.25, 0.3) is 5.76 Å². The number of aromatic amines is 1. The fourth-order valence-corrected chi connectivity index (χ4v) is 5.06. The summed E-state index contributed by atoms with van der Waals surface area (Å²) in [6.07, 6.45) is 6.07. The van der Waals surface area contributed by atoms with Crippen LogP contribution in [0, 0.1) is 6.92 Å². The third-order valence-electron chi connectivity index (χ3n) is 7.39. The zero-order valence-corrected chi connectivity index (χ0v) is 23.4. The van der Waals surface area contributed by atoms with Gasteiger partial charge in [-0.25, -0.2) is 9.36 Å². The Morgan fingerprint density at radius 2 is 1.71 bits per heavy atom. The molecular weight excluding hydrogens is 534 g/mol. The second-order valence-electron chi connectivity index (χ2n) is 10.0. The number of Topliss-reactive ketones (excluding diaryl/α,β-unsaturated/α-hetero) is 1. The molecule has 9 nitrogen and oxygen atoms in total. The maximum Gasteiger partial charge on any atom is 0.337 e. The molecule has 2 heterocycles. The molecule has 0 saturated carbocycles. The van der Waals surface area contributed by atoms with E-state index in [1.165, 1.54) is 12.0 Å². The number of rotatable bonds is 10. The van der Waals surface area contributed by atoms with Gasteiger partial charge in [0, 0.05) is 18.5 Å². The Bertz CT molecular complexity index is 1610. The number of nitrogens with zero attached hydrogens (tertiary/aromatic N) is 2. The topological polar surface area (TPSA) is 113 Å². The van der Waals surface area contributed by atoms with Crippen molar-refractivity contribution in [2.45, 2.75) is 32.5 Å². The van der Waals surface area contributed by atoms with Crippen LogP contribution in [-0.4, -0.2) is 46.3 Å². The summed E-state index contributed by atoms with van der Waals surface area (Å²) in [5, 5.41) is 11.4. The highest BCUT2D eigenvalue weighted by atomic mass is 16.5. The summed E-state index contributed by atoms with van der Waals surface area (Å²) in [4.78, 5) is 43.1. The van der Waals surface area contributed by atoms with E-state index in [2.05, 4.69) is 4.98 Å². The zero-order chi connectivity index (χ0) is 29.6. The number of benzene rings is 3. The number of carbonyl (C=O) groups is 3. The van der Waals surface area contributed by atoms with Crippen LogP contribution in [0.1, 0.15) is 45.1 Å². The van der Waals surface area contributed by atoms with Crippen LogP contribution in [0.3, 0.4) is 0 Å². The summed E-state index contributed by atoms with van der Waals surface area (Å²) in [5.41, 5.74) is 3.50. The highest BCUT2D eigenvalue weighted by molar-refractivity contribution is 6.46. The molecule has 1 fully saturated rings. The minimum Gasteiger partial charge on any atom is -0.507 e. The summed E-state index contributed by atoms with van der Waals surface area (Å²) in [5.74, 6) is -1.61. The van der Waals surface area contributed by atoms with Crippen LogP contribution >= 0.6 is 0 Å². The molecule has 1 aromatic heterocycles. The number of aromatic nitrogens is 2. The van der Waals surface area contributed by atoms with E-state index in [4.69, 9.17) is 9.47 Å². The molecule has 0 spiro atoms. The Hall–Kier alpha value is -5.18. The van der Waals surface area contributed by atoms with Gasteiger partial charge < -0.3 is 19.5 Å². The third-order valence-corrected chi connectivity index (χ3v) is 7.39. The maximum atomic E-state index is 13.4. The smallest absolute Gasteiger partial charge is 0.337 e. The Morgan fingerprint density at radius 3 is 2.38 bits per heavy atom. The van der Waals surface area contributed by atoms with Crippen molar-refractivity contribution in [2.24, 2.45) is 0 Å². The average molecular weight is 567 g/mol. The summed E-state index contributed by atoms with van der Waals surface area (Å²) in [7, 11) is 1.30. The number of ether oxygens (including phenoxy) is 2. The number of imidazole rings is 1. The lowest BCUT2D eigenvalue weighted by Crippen LogP contribution is -2.36. The molecule has 1 amide bonds. The van der Waals surface area contributed by atoms with Crippen LogP contribution in [0.15, 0.2) is 97.1 Å². The summed E-state index contributed by atoms with van der Waals surface area (Å²) in [6.45, 7) is 3.33. The number of aryl methyl sites for hydroxylation is 2. The molecule has 1 aliphatic heterocycles. The summed E-state index contributed by atoms with van der Waals surface area (Å²) < 4.78 is 12.7. The van der Waals surface area contributed by atoms with Crippen molar-refractivity contribution in [2.75, 3.05) is 13.7 Å². The molecule has 3 aromatic carbocycles. The number of aliphatic hydroxyl groups excluding tert-OH is 1.